The van der Waals surface area contributed by atoms with Crippen molar-refractivity contribution in [2.24, 2.45) is 5.92 Å². The number of carbonyl (C=O) groups excluding carboxylic acids is 1. The van der Waals surface area contributed by atoms with E-state index in [1.807, 2.05) is 13.8 Å². The van der Waals surface area contributed by atoms with Crippen molar-refractivity contribution in [1.29, 1.82) is 0 Å². The molecule has 6 heteroatoms. The molecule has 0 radical (unpaired) electrons. The molecule has 1 amide bonds. The second-order valence-electron chi connectivity index (χ2n) is 5.85. The van der Waals surface area contributed by atoms with E-state index in [9.17, 15) is 13.2 Å². The Morgan fingerprint density at radius 2 is 2.05 bits per heavy atom. The summed E-state index contributed by atoms with van der Waals surface area (Å²) in [5.74, 6) is 0.658. The van der Waals surface area contributed by atoms with E-state index >= 15 is 0 Å². The Bertz CT molecular complexity index is 643. The zero-order valence-corrected chi connectivity index (χ0v) is 14.8. The fraction of sp³-hybridized carbons (Fsp3) is 0.562. The lowest BCUT2D eigenvalue weighted by atomic mass is 10.4. The molecule has 1 aliphatic rings. The third-order valence-electron chi connectivity index (χ3n) is 3.77. The van der Waals surface area contributed by atoms with Gasteiger partial charge in [-0.2, -0.15) is 0 Å². The van der Waals surface area contributed by atoms with Gasteiger partial charge in [-0.05, 0) is 37.8 Å². The van der Waals surface area contributed by atoms with E-state index in [0.29, 0.717) is 22.1 Å². The van der Waals surface area contributed by atoms with Crippen LogP contribution in [0.5, 0.6) is 0 Å². The van der Waals surface area contributed by atoms with Gasteiger partial charge in [0.05, 0.1) is 15.9 Å². The molecule has 0 saturated heterocycles. The van der Waals surface area contributed by atoms with Crippen LogP contribution in [0.25, 0.3) is 0 Å². The number of hydrogen-bond donors (Lipinski definition) is 1. The van der Waals surface area contributed by atoms with Crippen molar-refractivity contribution < 1.29 is 13.2 Å². The van der Waals surface area contributed by atoms with Crippen LogP contribution >= 0.6 is 11.8 Å². The lowest BCUT2D eigenvalue weighted by Crippen LogP contribution is -2.33. The van der Waals surface area contributed by atoms with Crippen molar-refractivity contribution in [3.8, 4) is 0 Å². The van der Waals surface area contributed by atoms with Gasteiger partial charge in [0.25, 0.3) is 0 Å². The van der Waals surface area contributed by atoms with Crippen LogP contribution in [0.4, 0.5) is 0 Å². The first-order valence-electron chi connectivity index (χ1n) is 7.64. The normalized spacial score (nSPS) is 22.1. The van der Waals surface area contributed by atoms with Crippen molar-refractivity contribution in [3.63, 3.8) is 0 Å². The molecule has 2 rings (SSSR count). The van der Waals surface area contributed by atoms with E-state index in [0.717, 1.165) is 6.42 Å². The molecule has 22 heavy (non-hydrogen) atoms. The van der Waals surface area contributed by atoms with Crippen molar-refractivity contribution in [3.05, 3.63) is 24.3 Å². The second kappa shape index (κ2) is 7.04. The third-order valence-corrected chi connectivity index (χ3v) is 7.05. The number of amides is 1. The summed E-state index contributed by atoms with van der Waals surface area (Å²) in [5.41, 5.74) is 0. The minimum absolute atomic E-state index is 0.0259. The highest BCUT2D eigenvalue weighted by Crippen LogP contribution is 2.33. The van der Waals surface area contributed by atoms with Crippen molar-refractivity contribution in [1.82, 2.24) is 5.32 Å². The van der Waals surface area contributed by atoms with Gasteiger partial charge in [0, 0.05) is 10.9 Å². The highest BCUT2D eigenvalue weighted by atomic mass is 32.2. The van der Waals surface area contributed by atoms with Gasteiger partial charge in [0.2, 0.25) is 5.91 Å². The van der Waals surface area contributed by atoms with E-state index < -0.39 is 9.84 Å². The van der Waals surface area contributed by atoms with E-state index in [2.05, 4.69) is 12.2 Å². The standard InChI is InChI=1S/C16H23NO3S2/c1-4-9-22(19,20)15-8-6-5-7-14(15)21-12(3)16(18)17-13-10-11(13)2/h5-8,11-13H,4,9-10H2,1-3H3,(H,17,18). The molecule has 0 aromatic heterocycles. The van der Waals surface area contributed by atoms with Gasteiger partial charge in [-0.15, -0.1) is 11.8 Å². The average Bonchev–Trinajstić information content (AvgIpc) is 3.14. The maximum absolute atomic E-state index is 12.3. The fourth-order valence-electron chi connectivity index (χ4n) is 2.25. The molecule has 0 spiro atoms. The number of thioether (sulfide) groups is 1. The number of benzene rings is 1. The number of sulfone groups is 1. The zero-order chi connectivity index (χ0) is 16.3. The van der Waals surface area contributed by atoms with E-state index in [-0.39, 0.29) is 23.0 Å². The third kappa shape index (κ3) is 4.26. The number of rotatable bonds is 7. The molecule has 122 valence electrons. The van der Waals surface area contributed by atoms with Gasteiger partial charge in [-0.25, -0.2) is 8.42 Å². The van der Waals surface area contributed by atoms with Crippen LogP contribution in [0.3, 0.4) is 0 Å². The minimum Gasteiger partial charge on any atom is -0.352 e. The van der Waals surface area contributed by atoms with E-state index in [1.165, 1.54) is 11.8 Å². The summed E-state index contributed by atoms with van der Waals surface area (Å²) in [6, 6.07) is 7.22. The van der Waals surface area contributed by atoms with Gasteiger partial charge < -0.3 is 5.32 Å². The average molecular weight is 341 g/mol. The van der Waals surface area contributed by atoms with Crippen molar-refractivity contribution >= 4 is 27.5 Å². The summed E-state index contributed by atoms with van der Waals surface area (Å²) in [7, 11) is -3.28. The van der Waals surface area contributed by atoms with Gasteiger partial charge >= 0.3 is 0 Å². The Morgan fingerprint density at radius 3 is 2.64 bits per heavy atom. The predicted octanol–water partition coefficient (Wildman–Crippen LogP) is 2.88. The molecular weight excluding hydrogens is 318 g/mol. The highest BCUT2D eigenvalue weighted by molar-refractivity contribution is 8.01. The highest BCUT2D eigenvalue weighted by Gasteiger charge is 2.35. The molecule has 0 bridgehead atoms. The molecule has 3 atom stereocenters. The first kappa shape index (κ1) is 17.3. The molecule has 0 aliphatic heterocycles. The summed E-state index contributed by atoms with van der Waals surface area (Å²) >= 11 is 1.31. The first-order chi connectivity index (χ1) is 10.3. The number of carbonyl (C=O) groups is 1. The van der Waals surface area contributed by atoms with Crippen molar-refractivity contribution in [2.75, 3.05) is 5.75 Å². The predicted molar refractivity (Wildman–Crippen MR) is 89.8 cm³/mol. The van der Waals surface area contributed by atoms with Crippen LogP contribution in [0.15, 0.2) is 34.1 Å². The van der Waals surface area contributed by atoms with Crippen LogP contribution in [-0.2, 0) is 14.6 Å². The van der Waals surface area contributed by atoms with Crippen LogP contribution < -0.4 is 5.32 Å². The lowest BCUT2D eigenvalue weighted by Gasteiger charge is -2.14. The fourth-order valence-corrected chi connectivity index (χ4v) is 5.09. The maximum Gasteiger partial charge on any atom is 0.233 e. The largest absolute Gasteiger partial charge is 0.352 e. The molecule has 1 aromatic rings. The van der Waals surface area contributed by atoms with Gasteiger partial charge in [0.1, 0.15) is 0 Å². The molecule has 1 fully saturated rings. The van der Waals surface area contributed by atoms with Crippen LogP contribution in [0.1, 0.15) is 33.6 Å². The summed E-state index contributed by atoms with van der Waals surface area (Å²) < 4.78 is 24.6. The monoisotopic (exact) mass is 341 g/mol. The van der Waals surface area contributed by atoms with Crippen LogP contribution in [-0.4, -0.2) is 31.4 Å². The zero-order valence-electron chi connectivity index (χ0n) is 13.2. The Labute approximate surface area is 137 Å². The minimum atomic E-state index is -3.28. The lowest BCUT2D eigenvalue weighted by molar-refractivity contribution is -0.120. The summed E-state index contributed by atoms with van der Waals surface area (Å²) in [6.07, 6.45) is 1.61. The first-order valence-corrected chi connectivity index (χ1v) is 10.2. The Morgan fingerprint density at radius 1 is 1.41 bits per heavy atom. The molecular formula is C16H23NO3S2. The topological polar surface area (TPSA) is 63.2 Å². The molecule has 4 nitrogen and oxygen atoms in total. The molecule has 1 aromatic carbocycles. The second-order valence-corrected chi connectivity index (χ2v) is 9.31. The Hall–Kier alpha value is -1.01. The molecule has 1 aliphatic carbocycles. The molecule has 0 heterocycles. The summed E-state index contributed by atoms with van der Waals surface area (Å²) in [4.78, 5) is 13.1. The van der Waals surface area contributed by atoms with Gasteiger partial charge in [-0.1, -0.05) is 26.0 Å². The van der Waals surface area contributed by atoms with Crippen LogP contribution in [0.2, 0.25) is 0 Å². The number of nitrogens with one attached hydrogen (secondary N) is 1. The van der Waals surface area contributed by atoms with E-state index in [4.69, 9.17) is 0 Å². The quantitative estimate of drug-likeness (QED) is 0.775. The Kier molecular flexibility index (Phi) is 5.55. The van der Waals surface area contributed by atoms with E-state index in [1.54, 1.807) is 24.3 Å². The Balaban J connectivity index is 2.10. The summed E-state index contributed by atoms with van der Waals surface area (Å²) in [5, 5.41) is 2.68. The molecule has 1 saturated carbocycles. The smallest absolute Gasteiger partial charge is 0.233 e. The summed E-state index contributed by atoms with van der Waals surface area (Å²) in [6.45, 7) is 5.77. The number of hydrogen-bond acceptors (Lipinski definition) is 4. The van der Waals surface area contributed by atoms with Gasteiger partial charge in [-0.3, -0.25) is 4.79 Å². The van der Waals surface area contributed by atoms with Crippen molar-refractivity contribution in [2.45, 2.75) is 54.7 Å². The molecule has 3 unspecified atom stereocenters. The SMILES string of the molecule is CCCS(=O)(=O)c1ccccc1SC(C)C(=O)NC1CC1C. The van der Waals surface area contributed by atoms with Gasteiger partial charge in [0.15, 0.2) is 9.84 Å². The van der Waals surface area contributed by atoms with Crippen LogP contribution in [0, 0.1) is 5.92 Å². The molecule has 1 N–H and O–H groups in total. The maximum atomic E-state index is 12.3.